The van der Waals surface area contributed by atoms with Gasteiger partial charge in [-0.2, -0.15) is 5.10 Å². The molecule has 3 aromatic carbocycles. The first-order chi connectivity index (χ1) is 14.8. The molecule has 3 rings (SSSR count). The third-order valence-corrected chi connectivity index (χ3v) is 6.17. The highest BCUT2D eigenvalue weighted by molar-refractivity contribution is 14.1. The van der Waals surface area contributed by atoms with E-state index in [0.717, 1.165) is 28.5 Å². The molecule has 7 nitrogen and oxygen atoms in total. The molecule has 158 valence electrons. The Morgan fingerprint density at radius 3 is 2.29 bits per heavy atom. The summed E-state index contributed by atoms with van der Waals surface area (Å²) in [5.74, 6) is 0.334. The van der Waals surface area contributed by atoms with E-state index in [1.165, 1.54) is 30.5 Å². The molecule has 1 N–H and O–H groups in total. The molecule has 0 saturated heterocycles. The Hall–Kier alpha value is -2.06. The van der Waals surface area contributed by atoms with Gasteiger partial charge in [-0.25, -0.2) is 5.43 Å². The lowest BCUT2D eigenvalue weighted by molar-refractivity contribution is -0.384. The van der Waals surface area contributed by atoms with Gasteiger partial charge in [-0.05, 0) is 92.7 Å². The summed E-state index contributed by atoms with van der Waals surface area (Å²) in [6.07, 6.45) is 1.53. The van der Waals surface area contributed by atoms with E-state index in [2.05, 4.69) is 71.6 Å². The Kier molecular flexibility index (Phi) is 8.37. The van der Waals surface area contributed by atoms with Gasteiger partial charge in [-0.15, -0.1) is 0 Å². The van der Waals surface area contributed by atoms with Crippen LogP contribution in [0.15, 0.2) is 70.2 Å². The number of nitro groups is 1. The van der Waals surface area contributed by atoms with Crippen molar-refractivity contribution >= 4 is 78.9 Å². The van der Waals surface area contributed by atoms with Gasteiger partial charge in [0.2, 0.25) is 0 Å². The third kappa shape index (κ3) is 6.71. The van der Waals surface area contributed by atoms with Crippen molar-refractivity contribution in [2.24, 2.45) is 5.10 Å². The lowest BCUT2D eigenvalue weighted by Gasteiger charge is -2.11. The van der Waals surface area contributed by atoms with Gasteiger partial charge in [0, 0.05) is 22.2 Å². The Morgan fingerprint density at radius 1 is 1.10 bits per heavy atom. The fourth-order valence-corrected chi connectivity index (χ4v) is 4.88. The number of nitro benzene ring substituents is 1. The summed E-state index contributed by atoms with van der Waals surface area (Å²) in [6, 6.07) is 17.1. The summed E-state index contributed by atoms with van der Waals surface area (Å²) in [4.78, 5) is 22.3. The molecule has 0 aromatic heterocycles. The minimum absolute atomic E-state index is 0.0772. The Labute approximate surface area is 213 Å². The molecule has 0 aliphatic heterocycles. The van der Waals surface area contributed by atoms with Crippen LogP contribution in [-0.4, -0.2) is 17.0 Å². The second-order valence-electron chi connectivity index (χ2n) is 6.23. The molecule has 0 unspecified atom stereocenters. The number of amides is 1. The summed E-state index contributed by atoms with van der Waals surface area (Å²) in [7, 11) is 0. The highest BCUT2D eigenvalue weighted by Gasteiger charge is 2.10. The standard InChI is InChI=1S/C21H14BrI2N3O4/c22-16-5-1-13(2-6-16)12-31-20-18(23)9-14(10-19(20)24)11-25-26-21(28)15-3-7-17(8-4-15)27(29)30/h1-11H,12H2,(H,26,28)/b25-11+. The summed E-state index contributed by atoms with van der Waals surface area (Å²) in [6.45, 7) is 0.456. The molecular weight excluding hydrogens is 692 g/mol. The van der Waals surface area contributed by atoms with Crippen LogP contribution in [0.5, 0.6) is 5.75 Å². The minimum Gasteiger partial charge on any atom is -0.487 e. The molecule has 0 atom stereocenters. The van der Waals surface area contributed by atoms with Crippen LogP contribution in [0.4, 0.5) is 5.69 Å². The maximum absolute atomic E-state index is 12.1. The molecule has 10 heteroatoms. The molecule has 0 spiro atoms. The van der Waals surface area contributed by atoms with Crippen molar-refractivity contribution in [1.29, 1.82) is 0 Å². The van der Waals surface area contributed by atoms with Gasteiger partial charge in [0.05, 0.1) is 18.3 Å². The number of carbonyl (C=O) groups is 1. The number of hydrogen-bond acceptors (Lipinski definition) is 5. The lowest BCUT2D eigenvalue weighted by Crippen LogP contribution is -2.17. The number of halogens is 3. The molecule has 31 heavy (non-hydrogen) atoms. The van der Waals surface area contributed by atoms with Crippen LogP contribution in [0.2, 0.25) is 0 Å². The predicted octanol–water partition coefficient (Wildman–Crippen LogP) is 5.91. The van der Waals surface area contributed by atoms with Crippen LogP contribution in [0.25, 0.3) is 0 Å². The highest BCUT2D eigenvalue weighted by atomic mass is 127. The molecule has 0 heterocycles. The summed E-state index contributed by atoms with van der Waals surface area (Å²) < 4.78 is 8.84. The molecule has 1 amide bonds. The monoisotopic (exact) mass is 705 g/mol. The number of nitrogens with one attached hydrogen (secondary N) is 1. The Morgan fingerprint density at radius 2 is 1.71 bits per heavy atom. The number of non-ortho nitro benzene ring substituents is 1. The van der Waals surface area contributed by atoms with Crippen molar-refractivity contribution in [2.75, 3.05) is 0 Å². The van der Waals surface area contributed by atoms with E-state index in [1.54, 1.807) is 0 Å². The molecule has 0 radical (unpaired) electrons. The van der Waals surface area contributed by atoms with E-state index in [0.29, 0.717) is 6.61 Å². The number of nitrogens with zero attached hydrogens (tertiary/aromatic N) is 2. The summed E-state index contributed by atoms with van der Waals surface area (Å²) in [5.41, 5.74) is 4.49. The number of carbonyl (C=O) groups excluding carboxylic acids is 1. The van der Waals surface area contributed by atoms with Gasteiger partial charge < -0.3 is 4.74 Å². The number of ether oxygens (including phenoxy) is 1. The molecule has 0 saturated carbocycles. The van der Waals surface area contributed by atoms with Crippen molar-refractivity contribution in [3.63, 3.8) is 0 Å². The van der Waals surface area contributed by atoms with E-state index < -0.39 is 10.8 Å². The Balaban J connectivity index is 1.62. The van der Waals surface area contributed by atoms with Crippen molar-refractivity contribution in [2.45, 2.75) is 6.61 Å². The zero-order valence-electron chi connectivity index (χ0n) is 15.7. The van der Waals surface area contributed by atoms with Gasteiger partial charge >= 0.3 is 0 Å². The first-order valence-corrected chi connectivity index (χ1v) is 11.7. The fourth-order valence-electron chi connectivity index (χ4n) is 2.49. The summed E-state index contributed by atoms with van der Waals surface area (Å²) in [5, 5.41) is 14.7. The lowest BCUT2D eigenvalue weighted by atomic mass is 10.2. The second kappa shape index (κ2) is 11.0. The number of benzene rings is 3. The molecular formula is C21H14BrI2N3O4. The number of rotatable bonds is 7. The average molecular weight is 706 g/mol. The van der Waals surface area contributed by atoms with Gasteiger partial charge in [0.1, 0.15) is 12.4 Å². The topological polar surface area (TPSA) is 93.8 Å². The van der Waals surface area contributed by atoms with Gasteiger partial charge in [0.15, 0.2) is 0 Å². The van der Waals surface area contributed by atoms with Gasteiger partial charge in [0.25, 0.3) is 11.6 Å². The second-order valence-corrected chi connectivity index (χ2v) is 9.47. The molecule has 0 bridgehead atoms. The summed E-state index contributed by atoms with van der Waals surface area (Å²) >= 11 is 7.82. The average Bonchev–Trinajstić information content (AvgIpc) is 2.74. The van der Waals surface area contributed by atoms with Crippen LogP contribution in [-0.2, 0) is 6.61 Å². The maximum Gasteiger partial charge on any atom is 0.271 e. The zero-order valence-corrected chi connectivity index (χ0v) is 21.6. The van der Waals surface area contributed by atoms with Crippen molar-refractivity contribution in [3.05, 3.63) is 99.1 Å². The smallest absolute Gasteiger partial charge is 0.271 e. The maximum atomic E-state index is 12.1. The minimum atomic E-state index is -0.519. The van der Waals surface area contributed by atoms with Crippen molar-refractivity contribution < 1.29 is 14.5 Å². The van der Waals surface area contributed by atoms with E-state index in [9.17, 15) is 14.9 Å². The van der Waals surface area contributed by atoms with E-state index in [4.69, 9.17) is 4.74 Å². The van der Waals surface area contributed by atoms with Gasteiger partial charge in [-0.3, -0.25) is 14.9 Å². The van der Waals surface area contributed by atoms with Crippen molar-refractivity contribution in [1.82, 2.24) is 5.43 Å². The van der Waals surface area contributed by atoms with Crippen molar-refractivity contribution in [3.8, 4) is 5.75 Å². The van der Waals surface area contributed by atoms with E-state index >= 15 is 0 Å². The number of hydrogen-bond donors (Lipinski definition) is 1. The largest absolute Gasteiger partial charge is 0.487 e. The molecule has 0 aliphatic rings. The predicted molar refractivity (Wildman–Crippen MR) is 139 cm³/mol. The Bertz CT molecular complexity index is 1110. The van der Waals surface area contributed by atoms with Crippen LogP contribution < -0.4 is 10.2 Å². The van der Waals surface area contributed by atoms with E-state index in [-0.39, 0.29) is 11.3 Å². The first-order valence-electron chi connectivity index (χ1n) is 8.77. The van der Waals surface area contributed by atoms with Gasteiger partial charge in [-0.1, -0.05) is 28.1 Å². The highest BCUT2D eigenvalue weighted by Crippen LogP contribution is 2.29. The number of hydrazone groups is 1. The fraction of sp³-hybridized carbons (Fsp3) is 0.0476. The first kappa shape index (κ1) is 23.6. The SMILES string of the molecule is O=C(N/N=C/c1cc(I)c(OCc2ccc(Br)cc2)c(I)c1)c1ccc([N+](=O)[O-])cc1. The van der Waals surface area contributed by atoms with Crippen LogP contribution >= 0.6 is 61.1 Å². The molecule has 0 fully saturated rings. The molecule has 3 aromatic rings. The quantitative estimate of drug-likeness (QED) is 0.143. The van der Waals surface area contributed by atoms with Crippen LogP contribution in [0.3, 0.4) is 0 Å². The normalized spacial score (nSPS) is 10.8. The zero-order chi connectivity index (χ0) is 22.4. The van der Waals surface area contributed by atoms with Crippen LogP contribution in [0, 0.1) is 17.3 Å². The van der Waals surface area contributed by atoms with Crippen LogP contribution in [0.1, 0.15) is 21.5 Å². The third-order valence-electron chi connectivity index (χ3n) is 4.04. The molecule has 0 aliphatic carbocycles. The van der Waals surface area contributed by atoms with E-state index in [1.807, 2.05) is 36.4 Å².